The number of methoxy groups -OCH3 is 1. The van der Waals surface area contributed by atoms with Crippen molar-refractivity contribution in [2.24, 2.45) is 0 Å². The van der Waals surface area contributed by atoms with E-state index in [0.29, 0.717) is 31.9 Å². The van der Waals surface area contributed by atoms with Gasteiger partial charge in [-0.25, -0.2) is 8.42 Å². The normalized spacial score (nSPS) is 19.5. The molecule has 0 aromatic heterocycles. The first-order chi connectivity index (χ1) is 14.4. The lowest BCUT2D eigenvalue weighted by Gasteiger charge is -2.32. The molecule has 0 aliphatic carbocycles. The molecular weight excluding hydrogens is 406 g/mol. The van der Waals surface area contributed by atoms with Crippen LogP contribution in [0.4, 0.5) is 0 Å². The van der Waals surface area contributed by atoms with Crippen molar-refractivity contribution in [3.63, 3.8) is 0 Å². The molecule has 1 aromatic carbocycles. The van der Waals surface area contributed by atoms with E-state index < -0.39 is 10.0 Å². The number of likely N-dealkylation sites (tertiary alicyclic amines) is 1. The molecule has 0 spiro atoms. The minimum absolute atomic E-state index is 0.0798. The summed E-state index contributed by atoms with van der Waals surface area (Å²) in [7, 11) is -2.26. The first-order valence-corrected chi connectivity index (χ1v) is 12.1. The number of carbonyl (C=O) groups is 1. The Morgan fingerprint density at radius 3 is 2.53 bits per heavy atom. The number of morpholine rings is 1. The van der Waals surface area contributed by atoms with E-state index in [1.165, 1.54) is 11.4 Å². The number of rotatable bonds is 8. The number of hydrogen-bond acceptors (Lipinski definition) is 6. The van der Waals surface area contributed by atoms with E-state index in [0.717, 1.165) is 38.9 Å². The van der Waals surface area contributed by atoms with Gasteiger partial charge in [0.2, 0.25) is 15.9 Å². The third-order valence-corrected chi connectivity index (χ3v) is 7.59. The molecular formula is C21H33N3O5S. The number of amides is 1. The summed E-state index contributed by atoms with van der Waals surface area (Å²) in [6.45, 7) is 6.66. The van der Waals surface area contributed by atoms with Crippen molar-refractivity contribution in [2.75, 3.05) is 53.0 Å². The predicted molar refractivity (Wildman–Crippen MR) is 114 cm³/mol. The Kier molecular flexibility index (Phi) is 8.10. The number of nitrogens with one attached hydrogen (secondary N) is 1. The fourth-order valence-electron chi connectivity index (χ4n) is 4.04. The highest BCUT2D eigenvalue weighted by atomic mass is 32.2. The van der Waals surface area contributed by atoms with E-state index in [1.54, 1.807) is 18.2 Å². The molecule has 0 unspecified atom stereocenters. The van der Waals surface area contributed by atoms with E-state index in [4.69, 9.17) is 9.47 Å². The van der Waals surface area contributed by atoms with Gasteiger partial charge < -0.3 is 19.7 Å². The maximum atomic E-state index is 13.1. The van der Waals surface area contributed by atoms with Crippen LogP contribution in [-0.2, 0) is 26.0 Å². The molecule has 1 N–H and O–H groups in total. The highest BCUT2D eigenvalue weighted by Crippen LogP contribution is 2.28. The van der Waals surface area contributed by atoms with Crippen LogP contribution < -0.4 is 10.1 Å². The van der Waals surface area contributed by atoms with Crippen LogP contribution in [0.15, 0.2) is 23.1 Å². The summed E-state index contributed by atoms with van der Waals surface area (Å²) in [4.78, 5) is 15.1. The minimum atomic E-state index is -3.71. The molecule has 2 aliphatic rings. The Labute approximate surface area is 179 Å². The van der Waals surface area contributed by atoms with Gasteiger partial charge in [-0.1, -0.05) is 13.0 Å². The lowest BCUT2D eigenvalue weighted by atomic mass is 10.0. The SMILES string of the molecule is CCCN1CCC(NC(=O)Cc2ccc(OC)c(S(=O)(=O)N3CCOCC3)c2)CC1. The Bertz CT molecular complexity index is 816. The van der Waals surface area contributed by atoms with Gasteiger partial charge in [-0.05, 0) is 43.5 Å². The Morgan fingerprint density at radius 2 is 1.90 bits per heavy atom. The predicted octanol–water partition coefficient (Wildman–Crippen LogP) is 1.25. The summed E-state index contributed by atoms with van der Waals surface area (Å²) in [5.41, 5.74) is 0.656. The minimum Gasteiger partial charge on any atom is -0.495 e. The zero-order valence-corrected chi connectivity index (χ0v) is 18.7. The van der Waals surface area contributed by atoms with Crippen LogP contribution in [0.25, 0.3) is 0 Å². The van der Waals surface area contributed by atoms with Gasteiger partial charge in [-0.2, -0.15) is 4.31 Å². The van der Waals surface area contributed by atoms with Gasteiger partial charge in [0, 0.05) is 32.2 Å². The monoisotopic (exact) mass is 439 g/mol. The highest BCUT2D eigenvalue weighted by Gasteiger charge is 2.30. The first-order valence-electron chi connectivity index (χ1n) is 10.7. The average Bonchev–Trinajstić information content (AvgIpc) is 2.76. The molecule has 0 radical (unpaired) electrons. The molecule has 0 atom stereocenters. The molecule has 2 heterocycles. The van der Waals surface area contributed by atoms with E-state index in [1.807, 2.05) is 0 Å². The second kappa shape index (κ2) is 10.6. The Morgan fingerprint density at radius 1 is 1.20 bits per heavy atom. The van der Waals surface area contributed by atoms with Gasteiger partial charge in [0.15, 0.2) is 0 Å². The van der Waals surface area contributed by atoms with Crippen LogP contribution in [-0.4, -0.2) is 82.6 Å². The highest BCUT2D eigenvalue weighted by molar-refractivity contribution is 7.89. The van der Waals surface area contributed by atoms with Crippen LogP contribution in [0.3, 0.4) is 0 Å². The van der Waals surface area contributed by atoms with E-state index in [2.05, 4.69) is 17.1 Å². The quantitative estimate of drug-likeness (QED) is 0.656. The third kappa shape index (κ3) is 5.72. The standard InChI is InChI=1S/C21H33N3O5S/c1-3-8-23-9-6-18(7-10-23)22-21(25)16-17-4-5-19(28-2)20(15-17)30(26,27)24-11-13-29-14-12-24/h4-5,15,18H,3,6-14,16H2,1-2H3,(H,22,25). The van der Waals surface area contributed by atoms with Gasteiger partial charge in [-0.15, -0.1) is 0 Å². The Balaban J connectivity index is 1.65. The smallest absolute Gasteiger partial charge is 0.246 e. The van der Waals surface area contributed by atoms with Crippen molar-refractivity contribution >= 4 is 15.9 Å². The van der Waals surface area contributed by atoms with Crippen molar-refractivity contribution in [2.45, 2.75) is 43.5 Å². The van der Waals surface area contributed by atoms with E-state index in [-0.39, 0.29) is 29.0 Å². The van der Waals surface area contributed by atoms with Gasteiger partial charge in [-0.3, -0.25) is 4.79 Å². The van der Waals surface area contributed by atoms with Crippen LogP contribution in [0, 0.1) is 0 Å². The molecule has 30 heavy (non-hydrogen) atoms. The largest absolute Gasteiger partial charge is 0.495 e. The molecule has 9 heteroatoms. The average molecular weight is 440 g/mol. The maximum absolute atomic E-state index is 13.1. The van der Waals surface area contributed by atoms with Gasteiger partial charge in [0.05, 0.1) is 26.7 Å². The van der Waals surface area contributed by atoms with Gasteiger partial charge >= 0.3 is 0 Å². The second-order valence-corrected chi connectivity index (χ2v) is 9.77. The number of hydrogen-bond donors (Lipinski definition) is 1. The van der Waals surface area contributed by atoms with E-state index >= 15 is 0 Å². The van der Waals surface area contributed by atoms with Crippen molar-refractivity contribution in [1.29, 1.82) is 0 Å². The molecule has 0 saturated carbocycles. The van der Waals surface area contributed by atoms with Crippen LogP contribution in [0.1, 0.15) is 31.7 Å². The molecule has 1 amide bonds. The molecule has 3 rings (SSSR count). The third-order valence-electron chi connectivity index (χ3n) is 5.67. The van der Waals surface area contributed by atoms with Crippen molar-refractivity contribution in [3.8, 4) is 5.75 Å². The van der Waals surface area contributed by atoms with Crippen LogP contribution in [0.5, 0.6) is 5.75 Å². The molecule has 1 aromatic rings. The lowest BCUT2D eigenvalue weighted by molar-refractivity contribution is -0.121. The Hall–Kier alpha value is -1.68. The zero-order valence-electron chi connectivity index (χ0n) is 17.9. The number of ether oxygens (including phenoxy) is 2. The number of nitrogens with zero attached hydrogens (tertiary/aromatic N) is 2. The van der Waals surface area contributed by atoms with Crippen LogP contribution in [0.2, 0.25) is 0 Å². The van der Waals surface area contributed by atoms with Gasteiger partial charge in [0.1, 0.15) is 10.6 Å². The summed E-state index contributed by atoms with van der Waals surface area (Å²) in [5, 5.41) is 3.11. The molecule has 0 bridgehead atoms. The fraction of sp³-hybridized carbons (Fsp3) is 0.667. The van der Waals surface area contributed by atoms with Crippen molar-refractivity contribution < 1.29 is 22.7 Å². The summed E-state index contributed by atoms with van der Waals surface area (Å²) in [6.07, 6.45) is 3.19. The molecule has 168 valence electrons. The number of benzene rings is 1. The number of sulfonamides is 1. The second-order valence-electron chi connectivity index (χ2n) is 7.86. The zero-order chi connectivity index (χ0) is 21.6. The lowest BCUT2D eigenvalue weighted by Crippen LogP contribution is -2.45. The molecule has 2 saturated heterocycles. The summed E-state index contributed by atoms with van der Waals surface area (Å²) >= 11 is 0. The summed E-state index contributed by atoms with van der Waals surface area (Å²) < 4.78 is 38.1. The summed E-state index contributed by atoms with van der Waals surface area (Å²) in [6, 6.07) is 5.12. The fourth-order valence-corrected chi connectivity index (χ4v) is 5.65. The van der Waals surface area contributed by atoms with Crippen molar-refractivity contribution in [3.05, 3.63) is 23.8 Å². The first kappa shape index (κ1) is 23.0. The molecule has 8 nitrogen and oxygen atoms in total. The van der Waals surface area contributed by atoms with Gasteiger partial charge in [0.25, 0.3) is 0 Å². The summed E-state index contributed by atoms with van der Waals surface area (Å²) in [5.74, 6) is 0.206. The van der Waals surface area contributed by atoms with E-state index in [9.17, 15) is 13.2 Å². The van der Waals surface area contributed by atoms with Crippen molar-refractivity contribution in [1.82, 2.24) is 14.5 Å². The molecule has 2 fully saturated rings. The molecule has 2 aliphatic heterocycles. The number of piperidine rings is 1. The maximum Gasteiger partial charge on any atom is 0.246 e. The van der Waals surface area contributed by atoms with Crippen LogP contribution >= 0.6 is 0 Å². The number of carbonyl (C=O) groups excluding carboxylic acids is 1. The topological polar surface area (TPSA) is 88.2 Å².